The van der Waals surface area contributed by atoms with Gasteiger partial charge < -0.3 is 4.74 Å². The molecule has 2 rings (SSSR count). The quantitative estimate of drug-likeness (QED) is 0.798. The Balaban J connectivity index is 2.07. The molecule has 17 heavy (non-hydrogen) atoms. The minimum absolute atomic E-state index is 0.0226. The Labute approximate surface area is 103 Å². The van der Waals surface area contributed by atoms with Gasteiger partial charge in [-0.2, -0.15) is 0 Å². The van der Waals surface area contributed by atoms with Gasteiger partial charge in [-0.05, 0) is 42.5 Å². The van der Waals surface area contributed by atoms with Gasteiger partial charge in [0.05, 0.1) is 0 Å². The van der Waals surface area contributed by atoms with Crippen molar-refractivity contribution in [2.24, 2.45) is 0 Å². The van der Waals surface area contributed by atoms with Crippen LogP contribution < -0.4 is 4.74 Å². The lowest BCUT2D eigenvalue weighted by Crippen LogP contribution is -1.99. The molecule has 0 radical (unpaired) electrons. The Morgan fingerprint density at radius 1 is 1.00 bits per heavy atom. The van der Waals surface area contributed by atoms with E-state index in [2.05, 4.69) is 0 Å². The van der Waals surface area contributed by atoms with E-state index in [1.807, 2.05) is 0 Å². The first kappa shape index (κ1) is 11.9. The fourth-order valence-electron chi connectivity index (χ4n) is 1.35. The maximum atomic E-state index is 13.3. The molecular weight excluding hydrogens is 246 g/mol. The van der Waals surface area contributed by atoms with Gasteiger partial charge in [0.1, 0.15) is 24.0 Å². The Morgan fingerprint density at radius 3 is 2.41 bits per heavy atom. The second-order valence-electron chi connectivity index (χ2n) is 3.48. The van der Waals surface area contributed by atoms with E-state index in [0.717, 1.165) is 18.2 Å². The van der Waals surface area contributed by atoms with Gasteiger partial charge in [-0.25, -0.2) is 8.78 Å². The van der Waals surface area contributed by atoms with Crippen LogP contribution in [0.15, 0.2) is 42.5 Å². The van der Waals surface area contributed by atoms with Crippen molar-refractivity contribution in [1.29, 1.82) is 0 Å². The number of ether oxygens (including phenoxy) is 1. The van der Waals surface area contributed by atoms with E-state index in [-0.39, 0.29) is 12.2 Å². The van der Waals surface area contributed by atoms with E-state index < -0.39 is 11.6 Å². The highest BCUT2D eigenvalue weighted by atomic mass is 35.5. The number of hydrogen-bond acceptors (Lipinski definition) is 1. The van der Waals surface area contributed by atoms with Crippen molar-refractivity contribution in [1.82, 2.24) is 0 Å². The van der Waals surface area contributed by atoms with Crippen molar-refractivity contribution in [3.05, 3.63) is 64.7 Å². The molecule has 0 N–H and O–H groups in total. The third kappa shape index (κ3) is 3.17. The minimum atomic E-state index is -0.486. The fraction of sp³-hybridized carbons (Fsp3) is 0.0769. The molecule has 0 bridgehead atoms. The van der Waals surface area contributed by atoms with Crippen LogP contribution in [-0.4, -0.2) is 0 Å². The Kier molecular flexibility index (Phi) is 3.59. The van der Waals surface area contributed by atoms with E-state index in [9.17, 15) is 8.78 Å². The SMILES string of the molecule is Fc1ccc(F)c(COc2ccc(Cl)cc2)c1. The third-order valence-electron chi connectivity index (χ3n) is 2.22. The maximum absolute atomic E-state index is 13.3. The molecule has 0 aromatic heterocycles. The lowest BCUT2D eigenvalue weighted by molar-refractivity contribution is 0.299. The molecular formula is C13H9ClF2O. The largest absolute Gasteiger partial charge is 0.489 e. The summed E-state index contributed by atoms with van der Waals surface area (Å²) in [6.07, 6.45) is 0. The molecule has 0 aliphatic heterocycles. The van der Waals surface area contributed by atoms with E-state index >= 15 is 0 Å². The smallest absolute Gasteiger partial charge is 0.130 e. The Hall–Kier alpha value is -1.61. The van der Waals surface area contributed by atoms with Crippen molar-refractivity contribution in [2.75, 3.05) is 0 Å². The molecule has 4 heteroatoms. The van der Waals surface area contributed by atoms with Crippen molar-refractivity contribution < 1.29 is 13.5 Å². The first-order valence-electron chi connectivity index (χ1n) is 4.97. The zero-order valence-electron chi connectivity index (χ0n) is 8.79. The standard InChI is InChI=1S/C13H9ClF2O/c14-10-1-4-12(5-2-10)17-8-9-7-11(15)3-6-13(9)16/h1-7H,8H2. The van der Waals surface area contributed by atoms with Gasteiger partial charge in [-0.1, -0.05) is 11.6 Å². The van der Waals surface area contributed by atoms with Crippen LogP contribution in [0.25, 0.3) is 0 Å². The summed E-state index contributed by atoms with van der Waals surface area (Å²) < 4.78 is 31.5. The molecule has 0 fully saturated rings. The number of benzene rings is 2. The number of rotatable bonds is 3. The van der Waals surface area contributed by atoms with E-state index in [1.54, 1.807) is 24.3 Å². The van der Waals surface area contributed by atoms with Gasteiger partial charge in [-0.15, -0.1) is 0 Å². The molecule has 0 spiro atoms. The molecule has 0 saturated carbocycles. The van der Waals surface area contributed by atoms with Gasteiger partial charge in [0.2, 0.25) is 0 Å². The van der Waals surface area contributed by atoms with Crippen molar-refractivity contribution in [3.8, 4) is 5.75 Å². The average Bonchev–Trinajstić information content (AvgIpc) is 2.32. The summed E-state index contributed by atoms with van der Waals surface area (Å²) >= 11 is 5.71. The Morgan fingerprint density at radius 2 is 1.71 bits per heavy atom. The molecule has 88 valence electrons. The summed E-state index contributed by atoms with van der Waals surface area (Å²) in [5.74, 6) is -0.417. The molecule has 0 unspecified atom stereocenters. The zero-order valence-corrected chi connectivity index (χ0v) is 9.55. The number of halogens is 3. The predicted molar refractivity (Wildman–Crippen MR) is 62.1 cm³/mol. The monoisotopic (exact) mass is 254 g/mol. The van der Waals surface area contributed by atoms with Gasteiger partial charge in [0, 0.05) is 10.6 Å². The highest BCUT2D eigenvalue weighted by molar-refractivity contribution is 6.30. The van der Waals surface area contributed by atoms with Crippen molar-refractivity contribution in [3.63, 3.8) is 0 Å². The van der Waals surface area contributed by atoms with E-state index in [1.165, 1.54) is 0 Å². The van der Waals surface area contributed by atoms with Crippen LogP contribution >= 0.6 is 11.6 Å². The van der Waals surface area contributed by atoms with Crippen LogP contribution in [0.1, 0.15) is 5.56 Å². The van der Waals surface area contributed by atoms with Crippen LogP contribution in [0.3, 0.4) is 0 Å². The van der Waals surface area contributed by atoms with Crippen LogP contribution in [-0.2, 0) is 6.61 Å². The van der Waals surface area contributed by atoms with Crippen LogP contribution in [0.4, 0.5) is 8.78 Å². The van der Waals surface area contributed by atoms with Crippen LogP contribution in [0, 0.1) is 11.6 Å². The van der Waals surface area contributed by atoms with Gasteiger partial charge in [0.15, 0.2) is 0 Å². The predicted octanol–water partition coefficient (Wildman–Crippen LogP) is 4.20. The molecule has 0 aliphatic rings. The molecule has 2 aromatic carbocycles. The minimum Gasteiger partial charge on any atom is -0.489 e. The Bertz CT molecular complexity index is 511. The fourth-order valence-corrected chi connectivity index (χ4v) is 1.47. The summed E-state index contributed by atoms with van der Waals surface area (Å²) in [7, 11) is 0. The van der Waals surface area contributed by atoms with E-state index in [0.29, 0.717) is 10.8 Å². The maximum Gasteiger partial charge on any atom is 0.130 e. The van der Waals surface area contributed by atoms with Crippen LogP contribution in [0.2, 0.25) is 5.02 Å². The first-order chi connectivity index (χ1) is 8.15. The molecule has 0 saturated heterocycles. The number of hydrogen-bond donors (Lipinski definition) is 0. The third-order valence-corrected chi connectivity index (χ3v) is 2.47. The summed E-state index contributed by atoms with van der Waals surface area (Å²) in [4.78, 5) is 0. The van der Waals surface area contributed by atoms with Gasteiger partial charge in [0.25, 0.3) is 0 Å². The molecule has 0 amide bonds. The summed E-state index contributed by atoms with van der Waals surface area (Å²) in [6, 6.07) is 9.93. The topological polar surface area (TPSA) is 9.23 Å². The van der Waals surface area contributed by atoms with Crippen LogP contribution in [0.5, 0.6) is 5.75 Å². The summed E-state index contributed by atoms with van der Waals surface area (Å²) in [6.45, 7) is -0.0226. The zero-order chi connectivity index (χ0) is 12.3. The second kappa shape index (κ2) is 5.15. The van der Waals surface area contributed by atoms with Gasteiger partial charge >= 0.3 is 0 Å². The van der Waals surface area contributed by atoms with Gasteiger partial charge in [-0.3, -0.25) is 0 Å². The molecule has 2 aromatic rings. The average molecular weight is 255 g/mol. The van der Waals surface area contributed by atoms with E-state index in [4.69, 9.17) is 16.3 Å². The second-order valence-corrected chi connectivity index (χ2v) is 3.91. The normalized spacial score (nSPS) is 10.3. The molecule has 0 atom stereocenters. The highest BCUT2D eigenvalue weighted by Gasteiger charge is 2.04. The molecule has 1 nitrogen and oxygen atoms in total. The lowest BCUT2D eigenvalue weighted by Gasteiger charge is -2.07. The summed E-state index contributed by atoms with van der Waals surface area (Å²) in [5, 5.41) is 0.592. The molecule has 0 heterocycles. The lowest BCUT2D eigenvalue weighted by atomic mass is 10.2. The van der Waals surface area contributed by atoms with Crippen molar-refractivity contribution in [2.45, 2.75) is 6.61 Å². The molecule has 0 aliphatic carbocycles. The first-order valence-corrected chi connectivity index (χ1v) is 5.35. The summed E-state index contributed by atoms with van der Waals surface area (Å²) in [5.41, 5.74) is 0.181. The van der Waals surface area contributed by atoms with Crippen molar-refractivity contribution >= 4 is 11.6 Å². The highest BCUT2D eigenvalue weighted by Crippen LogP contribution is 2.18.